The number of aromatic nitrogens is 1. The molecule has 3 aromatic carbocycles. The minimum absolute atomic E-state index is 0.996. The van der Waals surface area contributed by atoms with Gasteiger partial charge in [0.2, 0.25) is 0 Å². The number of pyridine rings is 1. The lowest BCUT2D eigenvalue weighted by Gasteiger charge is -2.07. The Hall–Kier alpha value is -3.19. The minimum atomic E-state index is 0.996. The number of benzene rings is 3. The summed E-state index contributed by atoms with van der Waals surface area (Å²) in [5.74, 6) is 0. The van der Waals surface area contributed by atoms with Crippen LogP contribution in [-0.2, 0) is 0 Å². The monoisotopic (exact) mass is 307 g/mol. The van der Waals surface area contributed by atoms with Crippen molar-refractivity contribution in [2.75, 3.05) is 0 Å². The van der Waals surface area contributed by atoms with Crippen molar-refractivity contribution in [3.63, 3.8) is 0 Å². The third kappa shape index (κ3) is 2.97. The van der Waals surface area contributed by atoms with E-state index in [4.69, 9.17) is 0 Å². The van der Waals surface area contributed by atoms with Gasteiger partial charge in [-0.2, -0.15) is 0 Å². The van der Waals surface area contributed by atoms with Crippen LogP contribution in [0.2, 0.25) is 0 Å². The topological polar surface area (TPSA) is 12.9 Å². The standard InChI is InChI=1S/C23H17N/c1-3-7-18(8-4-1)20-11-13-21(14-12-20)23-17-22(15-16-24-23)19-9-5-2-6-10-19/h1-17H. The van der Waals surface area contributed by atoms with Gasteiger partial charge in [-0.05, 0) is 34.4 Å². The fourth-order valence-corrected chi connectivity index (χ4v) is 2.86. The highest BCUT2D eigenvalue weighted by Gasteiger charge is 2.04. The first-order valence-corrected chi connectivity index (χ1v) is 8.07. The van der Waals surface area contributed by atoms with Crippen LogP contribution in [0.25, 0.3) is 33.5 Å². The van der Waals surface area contributed by atoms with Crippen LogP contribution in [-0.4, -0.2) is 4.98 Å². The third-order valence-corrected chi connectivity index (χ3v) is 4.15. The summed E-state index contributed by atoms with van der Waals surface area (Å²) >= 11 is 0. The van der Waals surface area contributed by atoms with E-state index in [-0.39, 0.29) is 0 Å². The van der Waals surface area contributed by atoms with Crippen LogP contribution in [0.4, 0.5) is 0 Å². The zero-order chi connectivity index (χ0) is 16.2. The molecule has 0 unspecified atom stereocenters. The Morgan fingerprint density at radius 2 is 0.917 bits per heavy atom. The molecule has 0 aliphatic carbocycles. The SMILES string of the molecule is c1ccc(-c2ccc(-c3cc(-c4ccccc4)ccn3)cc2)cc1. The van der Waals surface area contributed by atoms with E-state index in [1.807, 2.05) is 18.3 Å². The van der Waals surface area contributed by atoms with Gasteiger partial charge in [0.25, 0.3) is 0 Å². The molecule has 4 aromatic rings. The van der Waals surface area contributed by atoms with Crippen LogP contribution < -0.4 is 0 Å². The van der Waals surface area contributed by atoms with Gasteiger partial charge in [-0.25, -0.2) is 0 Å². The normalized spacial score (nSPS) is 10.5. The molecule has 0 fully saturated rings. The van der Waals surface area contributed by atoms with Crippen LogP contribution in [0.15, 0.2) is 103 Å². The Morgan fingerprint density at radius 3 is 1.54 bits per heavy atom. The first-order chi connectivity index (χ1) is 11.9. The lowest BCUT2D eigenvalue weighted by Crippen LogP contribution is -1.86. The Bertz CT molecular complexity index is 926. The quantitative estimate of drug-likeness (QED) is 0.447. The molecule has 0 N–H and O–H groups in total. The van der Waals surface area contributed by atoms with Gasteiger partial charge < -0.3 is 0 Å². The van der Waals surface area contributed by atoms with E-state index >= 15 is 0 Å². The van der Waals surface area contributed by atoms with E-state index in [1.54, 1.807) is 0 Å². The maximum Gasteiger partial charge on any atom is 0.0708 e. The Morgan fingerprint density at radius 1 is 0.417 bits per heavy atom. The van der Waals surface area contributed by atoms with E-state index in [0.29, 0.717) is 0 Å². The molecule has 0 bridgehead atoms. The molecule has 24 heavy (non-hydrogen) atoms. The Kier molecular flexibility index (Phi) is 3.91. The molecular weight excluding hydrogens is 290 g/mol. The lowest BCUT2D eigenvalue weighted by atomic mass is 10.0. The van der Waals surface area contributed by atoms with Crippen molar-refractivity contribution in [1.29, 1.82) is 0 Å². The molecule has 1 heterocycles. The van der Waals surface area contributed by atoms with Gasteiger partial charge in [0.15, 0.2) is 0 Å². The van der Waals surface area contributed by atoms with Crippen LogP contribution in [0.1, 0.15) is 0 Å². The van der Waals surface area contributed by atoms with E-state index in [9.17, 15) is 0 Å². The predicted molar refractivity (Wildman–Crippen MR) is 101 cm³/mol. The van der Waals surface area contributed by atoms with E-state index in [2.05, 4.69) is 89.9 Å². The van der Waals surface area contributed by atoms with E-state index in [0.717, 1.165) is 11.3 Å². The van der Waals surface area contributed by atoms with Crippen LogP contribution in [0, 0.1) is 0 Å². The fraction of sp³-hybridized carbons (Fsp3) is 0. The molecular formula is C23H17N. The molecule has 0 atom stereocenters. The molecule has 114 valence electrons. The second-order valence-electron chi connectivity index (χ2n) is 5.74. The Balaban J connectivity index is 1.67. The van der Waals surface area contributed by atoms with Crippen molar-refractivity contribution < 1.29 is 0 Å². The maximum atomic E-state index is 4.54. The molecule has 1 heteroatoms. The second-order valence-corrected chi connectivity index (χ2v) is 5.74. The summed E-state index contributed by atoms with van der Waals surface area (Å²) in [6.07, 6.45) is 1.88. The van der Waals surface area contributed by atoms with Gasteiger partial charge in [0.1, 0.15) is 0 Å². The first-order valence-electron chi connectivity index (χ1n) is 8.07. The van der Waals surface area contributed by atoms with E-state index in [1.165, 1.54) is 22.3 Å². The minimum Gasteiger partial charge on any atom is -0.256 e. The molecule has 4 rings (SSSR count). The summed E-state index contributed by atoms with van der Waals surface area (Å²) in [6.45, 7) is 0. The molecule has 1 aromatic heterocycles. The fourth-order valence-electron chi connectivity index (χ4n) is 2.86. The van der Waals surface area contributed by atoms with Crippen LogP contribution in [0.3, 0.4) is 0 Å². The molecule has 0 amide bonds. The highest BCUT2D eigenvalue weighted by Crippen LogP contribution is 2.26. The van der Waals surface area contributed by atoms with E-state index < -0.39 is 0 Å². The van der Waals surface area contributed by atoms with Gasteiger partial charge in [0.05, 0.1) is 5.69 Å². The summed E-state index contributed by atoms with van der Waals surface area (Å²) in [5.41, 5.74) is 6.98. The zero-order valence-corrected chi connectivity index (χ0v) is 13.3. The highest BCUT2D eigenvalue weighted by molar-refractivity contribution is 5.72. The molecule has 0 aliphatic rings. The summed E-state index contributed by atoms with van der Waals surface area (Å²) < 4.78 is 0. The molecule has 0 aliphatic heterocycles. The van der Waals surface area contributed by atoms with Gasteiger partial charge in [-0.1, -0.05) is 84.9 Å². The molecule has 0 radical (unpaired) electrons. The Labute approximate surface area is 142 Å². The average Bonchev–Trinajstić information content (AvgIpc) is 2.70. The molecule has 0 spiro atoms. The van der Waals surface area contributed by atoms with Gasteiger partial charge in [-0.15, -0.1) is 0 Å². The van der Waals surface area contributed by atoms with Gasteiger partial charge >= 0.3 is 0 Å². The number of hydrogen-bond donors (Lipinski definition) is 0. The van der Waals surface area contributed by atoms with Crippen molar-refractivity contribution in [1.82, 2.24) is 4.98 Å². The summed E-state index contributed by atoms with van der Waals surface area (Å²) in [7, 11) is 0. The van der Waals surface area contributed by atoms with Gasteiger partial charge in [0, 0.05) is 11.8 Å². The number of nitrogens with zero attached hydrogens (tertiary/aromatic N) is 1. The van der Waals surface area contributed by atoms with Gasteiger partial charge in [-0.3, -0.25) is 4.98 Å². The van der Waals surface area contributed by atoms with Crippen molar-refractivity contribution in [2.45, 2.75) is 0 Å². The lowest BCUT2D eigenvalue weighted by molar-refractivity contribution is 1.33. The number of hydrogen-bond acceptors (Lipinski definition) is 1. The van der Waals surface area contributed by atoms with Crippen molar-refractivity contribution in [3.05, 3.63) is 103 Å². The molecule has 0 saturated heterocycles. The molecule has 0 saturated carbocycles. The third-order valence-electron chi connectivity index (χ3n) is 4.15. The second kappa shape index (κ2) is 6.51. The van der Waals surface area contributed by atoms with Crippen molar-refractivity contribution in [3.8, 4) is 33.5 Å². The van der Waals surface area contributed by atoms with Crippen molar-refractivity contribution in [2.24, 2.45) is 0 Å². The van der Waals surface area contributed by atoms with Crippen molar-refractivity contribution >= 4 is 0 Å². The average molecular weight is 307 g/mol. The maximum absolute atomic E-state index is 4.54. The summed E-state index contributed by atoms with van der Waals surface area (Å²) in [6, 6.07) is 33.6. The summed E-state index contributed by atoms with van der Waals surface area (Å²) in [4.78, 5) is 4.54. The zero-order valence-electron chi connectivity index (χ0n) is 13.3. The number of rotatable bonds is 3. The largest absolute Gasteiger partial charge is 0.256 e. The predicted octanol–water partition coefficient (Wildman–Crippen LogP) is 6.08. The summed E-state index contributed by atoms with van der Waals surface area (Å²) in [5, 5.41) is 0. The molecule has 1 nitrogen and oxygen atoms in total. The first kappa shape index (κ1) is 14.4. The smallest absolute Gasteiger partial charge is 0.0708 e. The highest BCUT2D eigenvalue weighted by atomic mass is 14.7. The van der Waals surface area contributed by atoms with Crippen LogP contribution in [0.5, 0.6) is 0 Å². The van der Waals surface area contributed by atoms with Crippen LogP contribution >= 0.6 is 0 Å².